The van der Waals surface area contributed by atoms with Crippen LogP contribution in [-0.2, 0) is 6.54 Å². The highest BCUT2D eigenvalue weighted by Gasteiger charge is 2.13. The SMILES string of the molecule is CCCCCCn1c2cc(/C=C(\C#N)c3cccs3)ccc2c2ccc(/C=C(\C#N)c3cccs3)cc21. The number of nitrogens with zero attached hydrogens (tertiary/aromatic N) is 3. The molecule has 0 bridgehead atoms. The van der Waals surface area contributed by atoms with Crippen LogP contribution in [-0.4, -0.2) is 4.57 Å². The van der Waals surface area contributed by atoms with Gasteiger partial charge in [0.15, 0.2) is 0 Å². The molecule has 0 fully saturated rings. The van der Waals surface area contributed by atoms with Crippen LogP contribution >= 0.6 is 22.7 Å². The highest BCUT2D eigenvalue weighted by atomic mass is 32.1. The summed E-state index contributed by atoms with van der Waals surface area (Å²) >= 11 is 3.17. The number of rotatable bonds is 9. The predicted molar refractivity (Wildman–Crippen MR) is 159 cm³/mol. The highest BCUT2D eigenvalue weighted by molar-refractivity contribution is 7.11. The summed E-state index contributed by atoms with van der Waals surface area (Å²) in [5.41, 5.74) is 5.79. The Morgan fingerprint density at radius 1 is 0.757 bits per heavy atom. The fourth-order valence-electron chi connectivity index (χ4n) is 4.76. The van der Waals surface area contributed by atoms with Crippen LogP contribution in [0.5, 0.6) is 0 Å². The van der Waals surface area contributed by atoms with E-state index in [4.69, 9.17) is 0 Å². The van der Waals surface area contributed by atoms with Gasteiger partial charge in [-0.2, -0.15) is 10.5 Å². The van der Waals surface area contributed by atoms with Crippen molar-refractivity contribution in [2.45, 2.75) is 39.2 Å². The molecule has 3 nitrogen and oxygen atoms in total. The van der Waals surface area contributed by atoms with Crippen molar-refractivity contribution in [2.75, 3.05) is 0 Å². The Morgan fingerprint density at radius 2 is 1.30 bits per heavy atom. The van der Waals surface area contributed by atoms with Gasteiger partial charge in [-0.05, 0) is 64.7 Å². The Morgan fingerprint density at radius 3 is 1.73 bits per heavy atom. The zero-order valence-corrected chi connectivity index (χ0v) is 22.4. The van der Waals surface area contributed by atoms with E-state index in [1.807, 2.05) is 47.2 Å². The largest absolute Gasteiger partial charge is 0.340 e. The summed E-state index contributed by atoms with van der Waals surface area (Å²) < 4.78 is 2.42. The van der Waals surface area contributed by atoms with Gasteiger partial charge in [0.1, 0.15) is 12.1 Å². The molecule has 0 aliphatic rings. The van der Waals surface area contributed by atoms with E-state index in [1.54, 1.807) is 22.7 Å². The number of hydrogen-bond donors (Lipinski definition) is 0. The van der Waals surface area contributed by atoms with Gasteiger partial charge in [0.2, 0.25) is 0 Å². The maximum atomic E-state index is 9.75. The number of benzene rings is 2. The van der Waals surface area contributed by atoms with Gasteiger partial charge in [0.25, 0.3) is 0 Å². The third-order valence-electron chi connectivity index (χ3n) is 6.59. The second-order valence-electron chi connectivity index (χ2n) is 9.06. The normalized spacial score (nSPS) is 12.2. The molecule has 182 valence electrons. The zero-order chi connectivity index (χ0) is 25.6. The molecule has 0 saturated heterocycles. The summed E-state index contributed by atoms with van der Waals surface area (Å²) in [4.78, 5) is 1.97. The summed E-state index contributed by atoms with van der Waals surface area (Å²) in [5.74, 6) is 0. The van der Waals surface area contributed by atoms with Crippen LogP contribution in [0.25, 0.3) is 45.1 Å². The molecule has 37 heavy (non-hydrogen) atoms. The first-order valence-corrected chi connectivity index (χ1v) is 14.3. The molecule has 0 atom stereocenters. The Bertz CT molecular complexity index is 1550. The molecule has 3 heterocycles. The van der Waals surface area contributed by atoms with Crippen molar-refractivity contribution in [3.8, 4) is 12.1 Å². The lowest BCUT2D eigenvalue weighted by atomic mass is 10.1. The fraction of sp³-hybridized carbons (Fsp3) is 0.188. The van der Waals surface area contributed by atoms with Gasteiger partial charge in [-0.25, -0.2) is 0 Å². The van der Waals surface area contributed by atoms with Crippen molar-refractivity contribution in [1.82, 2.24) is 4.57 Å². The topological polar surface area (TPSA) is 52.5 Å². The average Bonchev–Trinajstić information content (AvgIpc) is 3.70. The summed E-state index contributed by atoms with van der Waals surface area (Å²) in [7, 11) is 0. The van der Waals surface area contributed by atoms with E-state index in [0.29, 0.717) is 11.1 Å². The highest BCUT2D eigenvalue weighted by Crippen LogP contribution is 2.33. The Balaban J connectivity index is 1.63. The van der Waals surface area contributed by atoms with E-state index in [-0.39, 0.29) is 0 Å². The molecule has 5 aromatic rings. The molecule has 5 heteroatoms. The molecule has 0 aliphatic heterocycles. The van der Waals surface area contributed by atoms with Crippen LogP contribution in [0, 0.1) is 22.7 Å². The molecule has 0 spiro atoms. The maximum Gasteiger partial charge on any atom is 0.101 e. The van der Waals surface area contributed by atoms with Gasteiger partial charge in [-0.3, -0.25) is 0 Å². The molecule has 3 aromatic heterocycles. The lowest BCUT2D eigenvalue weighted by molar-refractivity contribution is 0.602. The van der Waals surface area contributed by atoms with Gasteiger partial charge in [-0.1, -0.05) is 62.6 Å². The quantitative estimate of drug-likeness (QED) is 0.144. The lowest BCUT2D eigenvalue weighted by Crippen LogP contribution is -1.98. The van der Waals surface area contributed by atoms with Crippen molar-refractivity contribution in [1.29, 1.82) is 10.5 Å². The number of thiophene rings is 2. The van der Waals surface area contributed by atoms with E-state index in [1.165, 1.54) is 41.1 Å². The van der Waals surface area contributed by atoms with E-state index < -0.39 is 0 Å². The van der Waals surface area contributed by atoms with Gasteiger partial charge in [-0.15, -0.1) is 22.7 Å². The van der Waals surface area contributed by atoms with Crippen molar-refractivity contribution in [2.24, 2.45) is 0 Å². The minimum absolute atomic E-state index is 0.685. The average molecular weight is 518 g/mol. The van der Waals surface area contributed by atoms with Gasteiger partial charge in [0, 0.05) is 38.1 Å². The van der Waals surface area contributed by atoms with Crippen molar-refractivity contribution in [3.63, 3.8) is 0 Å². The molecule has 2 aromatic carbocycles. The minimum atomic E-state index is 0.685. The van der Waals surface area contributed by atoms with E-state index in [0.717, 1.165) is 33.8 Å². The first kappa shape index (κ1) is 24.8. The first-order valence-electron chi connectivity index (χ1n) is 12.6. The number of unbranched alkanes of at least 4 members (excludes halogenated alkanes) is 3. The number of aryl methyl sites for hydroxylation is 1. The van der Waals surface area contributed by atoms with E-state index in [9.17, 15) is 10.5 Å². The van der Waals surface area contributed by atoms with Crippen LogP contribution in [0.2, 0.25) is 0 Å². The van der Waals surface area contributed by atoms with Crippen molar-refractivity contribution < 1.29 is 0 Å². The molecular formula is C32H27N3S2. The second kappa shape index (κ2) is 11.4. The standard InChI is InChI=1S/C32H27N3S2/c1-2-3-4-5-14-35-29-19-23(17-25(21-33)31-8-6-15-36-31)10-12-27(29)28-13-11-24(20-30(28)35)18-26(22-34)32-9-7-16-37-32/h6-13,15-20H,2-5,14H2,1H3/b25-17+,26-18+. The first-order chi connectivity index (χ1) is 18.2. The molecule has 0 amide bonds. The Hall–Kier alpha value is -3.90. The summed E-state index contributed by atoms with van der Waals surface area (Å²) in [6.07, 6.45) is 8.72. The molecule has 0 radical (unpaired) electrons. The van der Waals surface area contributed by atoms with Gasteiger partial charge < -0.3 is 4.57 Å². The number of allylic oxidation sites excluding steroid dienone is 2. The van der Waals surface area contributed by atoms with Crippen LogP contribution in [0.15, 0.2) is 71.4 Å². The van der Waals surface area contributed by atoms with Crippen LogP contribution < -0.4 is 0 Å². The molecule has 0 aliphatic carbocycles. The van der Waals surface area contributed by atoms with Crippen LogP contribution in [0.1, 0.15) is 53.5 Å². The molecule has 5 rings (SSSR count). The molecule has 0 saturated carbocycles. The zero-order valence-electron chi connectivity index (χ0n) is 20.8. The van der Waals surface area contributed by atoms with Crippen LogP contribution in [0.3, 0.4) is 0 Å². The number of aromatic nitrogens is 1. The number of fused-ring (bicyclic) bond motifs is 3. The van der Waals surface area contributed by atoms with Gasteiger partial charge in [0.05, 0.1) is 11.1 Å². The lowest BCUT2D eigenvalue weighted by Gasteiger charge is -2.08. The second-order valence-corrected chi connectivity index (χ2v) is 11.0. The summed E-state index contributed by atoms with van der Waals surface area (Å²) in [6, 6.07) is 25.6. The third-order valence-corrected chi connectivity index (χ3v) is 8.39. The predicted octanol–water partition coefficient (Wildman–Crippen LogP) is 9.63. The van der Waals surface area contributed by atoms with Crippen molar-refractivity contribution >= 4 is 67.8 Å². The molecule has 0 N–H and O–H groups in total. The maximum absolute atomic E-state index is 9.75. The molecule has 0 unspecified atom stereocenters. The Labute approximate surface area is 225 Å². The Kier molecular flexibility index (Phi) is 7.66. The smallest absolute Gasteiger partial charge is 0.101 e. The number of nitriles is 2. The van der Waals surface area contributed by atoms with E-state index >= 15 is 0 Å². The number of hydrogen-bond acceptors (Lipinski definition) is 4. The summed E-state index contributed by atoms with van der Waals surface area (Å²) in [5, 5.41) is 25.9. The third kappa shape index (κ3) is 5.30. The summed E-state index contributed by atoms with van der Waals surface area (Å²) in [6.45, 7) is 3.17. The van der Waals surface area contributed by atoms with Crippen molar-refractivity contribution in [3.05, 3.63) is 92.3 Å². The minimum Gasteiger partial charge on any atom is -0.340 e. The van der Waals surface area contributed by atoms with Crippen LogP contribution in [0.4, 0.5) is 0 Å². The van der Waals surface area contributed by atoms with Gasteiger partial charge >= 0.3 is 0 Å². The monoisotopic (exact) mass is 517 g/mol. The van der Waals surface area contributed by atoms with E-state index in [2.05, 4.69) is 60.0 Å². The fourth-order valence-corrected chi connectivity index (χ4v) is 6.15. The molecular weight excluding hydrogens is 491 g/mol.